The Labute approximate surface area is 127 Å². The zero-order valence-electron chi connectivity index (χ0n) is 11.8. The van der Waals surface area contributed by atoms with Crippen molar-refractivity contribution in [2.45, 2.75) is 26.3 Å². The van der Waals surface area contributed by atoms with Crippen molar-refractivity contribution in [2.24, 2.45) is 0 Å². The third-order valence-electron chi connectivity index (χ3n) is 2.91. The Morgan fingerprint density at radius 1 is 1.25 bits per heavy atom. The molecule has 0 aliphatic carbocycles. The molecule has 0 saturated carbocycles. The first-order chi connectivity index (χ1) is 9.45. The first kappa shape index (κ1) is 14.9. The van der Waals surface area contributed by atoms with E-state index >= 15 is 0 Å². The van der Waals surface area contributed by atoms with Crippen LogP contribution in [0.2, 0.25) is 0 Å². The molecule has 106 valence electrons. The molecule has 0 radical (unpaired) electrons. The summed E-state index contributed by atoms with van der Waals surface area (Å²) in [4.78, 5) is 10.9. The summed E-state index contributed by atoms with van der Waals surface area (Å²) >= 11 is 3.41. The number of nitrogens with zero attached hydrogens (tertiary/aromatic N) is 3. The van der Waals surface area contributed by atoms with Crippen LogP contribution in [-0.4, -0.2) is 17.0 Å². The van der Waals surface area contributed by atoms with Crippen LogP contribution in [0.1, 0.15) is 31.2 Å². The van der Waals surface area contributed by atoms with Crippen LogP contribution < -0.4 is 4.90 Å². The molecule has 0 saturated heterocycles. The van der Waals surface area contributed by atoms with Crippen molar-refractivity contribution >= 4 is 21.7 Å². The van der Waals surface area contributed by atoms with Gasteiger partial charge in [0.25, 0.3) is 0 Å². The summed E-state index contributed by atoms with van der Waals surface area (Å²) in [5.41, 5.74) is 0.910. The van der Waals surface area contributed by atoms with Gasteiger partial charge in [0, 0.05) is 25.6 Å². The van der Waals surface area contributed by atoms with E-state index in [1.807, 2.05) is 24.1 Å². The van der Waals surface area contributed by atoms with Gasteiger partial charge in [-0.2, -0.15) is 0 Å². The fourth-order valence-corrected chi connectivity index (χ4v) is 2.25. The second kappa shape index (κ2) is 6.31. The van der Waals surface area contributed by atoms with Crippen LogP contribution in [0, 0.1) is 5.82 Å². The minimum Gasteiger partial charge on any atom is -0.355 e. The molecular weight excluding hydrogens is 321 g/mol. The van der Waals surface area contributed by atoms with E-state index in [9.17, 15) is 4.39 Å². The van der Waals surface area contributed by atoms with E-state index in [1.165, 1.54) is 12.1 Å². The van der Waals surface area contributed by atoms with Crippen LogP contribution in [0.5, 0.6) is 0 Å². The van der Waals surface area contributed by atoms with E-state index in [4.69, 9.17) is 0 Å². The highest BCUT2D eigenvalue weighted by Gasteiger charge is 2.10. The quantitative estimate of drug-likeness (QED) is 0.785. The highest BCUT2D eigenvalue weighted by atomic mass is 79.9. The first-order valence-electron chi connectivity index (χ1n) is 6.46. The van der Waals surface area contributed by atoms with Crippen molar-refractivity contribution in [1.29, 1.82) is 0 Å². The Balaban J connectivity index is 2.22. The van der Waals surface area contributed by atoms with E-state index < -0.39 is 0 Å². The number of hydrogen-bond acceptors (Lipinski definition) is 3. The molecule has 3 nitrogen and oxygen atoms in total. The van der Waals surface area contributed by atoms with Crippen molar-refractivity contribution in [3.05, 3.63) is 52.1 Å². The van der Waals surface area contributed by atoms with Crippen molar-refractivity contribution in [2.75, 3.05) is 11.9 Å². The molecule has 0 aliphatic heterocycles. The number of rotatable bonds is 4. The lowest BCUT2D eigenvalue weighted by molar-refractivity contribution is 0.625. The minimum absolute atomic E-state index is 0.220. The Morgan fingerprint density at radius 2 is 2.00 bits per heavy atom. The van der Waals surface area contributed by atoms with Gasteiger partial charge in [0.2, 0.25) is 0 Å². The summed E-state index contributed by atoms with van der Waals surface area (Å²) < 4.78 is 14.0. The van der Waals surface area contributed by atoms with Crippen molar-refractivity contribution in [3.63, 3.8) is 0 Å². The molecule has 2 aromatic rings. The highest BCUT2D eigenvalue weighted by molar-refractivity contribution is 9.10. The zero-order chi connectivity index (χ0) is 14.7. The maximum atomic E-state index is 13.2. The van der Waals surface area contributed by atoms with E-state index in [1.54, 1.807) is 6.07 Å². The molecule has 1 aromatic carbocycles. The fourth-order valence-electron chi connectivity index (χ4n) is 1.87. The topological polar surface area (TPSA) is 29.0 Å². The van der Waals surface area contributed by atoms with Gasteiger partial charge in [0.15, 0.2) is 0 Å². The Morgan fingerprint density at radius 3 is 2.65 bits per heavy atom. The van der Waals surface area contributed by atoms with E-state index in [0.29, 0.717) is 6.54 Å². The number of hydrogen-bond donors (Lipinski definition) is 0. The fraction of sp³-hybridized carbons (Fsp3) is 0.333. The number of anilines is 1. The smallest absolute Gasteiger partial charge is 0.134 e. The molecule has 1 aromatic heterocycles. The van der Waals surface area contributed by atoms with Gasteiger partial charge in [0.05, 0.1) is 0 Å². The summed E-state index contributed by atoms with van der Waals surface area (Å²) in [5.74, 6) is 1.65. The molecular formula is C15H17BrFN3. The summed E-state index contributed by atoms with van der Waals surface area (Å²) in [6.07, 6.45) is 0. The maximum absolute atomic E-state index is 13.2. The van der Waals surface area contributed by atoms with E-state index in [2.05, 4.69) is 39.7 Å². The van der Waals surface area contributed by atoms with Crippen LogP contribution in [0.25, 0.3) is 0 Å². The number of halogens is 2. The van der Waals surface area contributed by atoms with Gasteiger partial charge in [-0.15, -0.1) is 0 Å². The molecule has 5 heteroatoms. The van der Waals surface area contributed by atoms with Crippen LogP contribution in [0.4, 0.5) is 10.2 Å². The van der Waals surface area contributed by atoms with E-state index in [-0.39, 0.29) is 11.7 Å². The largest absolute Gasteiger partial charge is 0.355 e. The molecule has 20 heavy (non-hydrogen) atoms. The van der Waals surface area contributed by atoms with Gasteiger partial charge in [0.1, 0.15) is 22.1 Å². The molecule has 0 amide bonds. The normalized spacial score (nSPS) is 10.9. The zero-order valence-corrected chi connectivity index (χ0v) is 13.4. The third-order valence-corrected chi connectivity index (χ3v) is 3.32. The molecule has 0 atom stereocenters. The molecule has 0 unspecified atom stereocenters. The van der Waals surface area contributed by atoms with Crippen LogP contribution in [-0.2, 0) is 6.54 Å². The molecule has 0 bridgehead atoms. The van der Waals surface area contributed by atoms with Crippen LogP contribution >= 0.6 is 15.9 Å². The average Bonchev–Trinajstić information content (AvgIpc) is 2.37. The Hall–Kier alpha value is -1.49. The summed E-state index contributed by atoms with van der Waals surface area (Å²) in [6.45, 7) is 4.70. The molecule has 0 N–H and O–H groups in total. The van der Waals surface area contributed by atoms with Crippen LogP contribution in [0.15, 0.2) is 34.9 Å². The SMILES string of the molecule is CC(C)c1nc(Br)cc(N(C)Cc2cccc(F)c2)n1. The van der Waals surface area contributed by atoms with E-state index in [0.717, 1.165) is 21.8 Å². The molecule has 0 fully saturated rings. The average molecular weight is 338 g/mol. The number of aromatic nitrogens is 2. The Kier molecular flexibility index (Phi) is 4.70. The predicted molar refractivity (Wildman–Crippen MR) is 82.3 cm³/mol. The lowest BCUT2D eigenvalue weighted by Gasteiger charge is -2.19. The van der Waals surface area contributed by atoms with Gasteiger partial charge in [-0.3, -0.25) is 0 Å². The summed E-state index contributed by atoms with van der Waals surface area (Å²) in [5, 5.41) is 0. The van der Waals surface area contributed by atoms with Gasteiger partial charge < -0.3 is 4.90 Å². The van der Waals surface area contributed by atoms with Crippen molar-refractivity contribution < 1.29 is 4.39 Å². The van der Waals surface area contributed by atoms with Gasteiger partial charge in [-0.1, -0.05) is 26.0 Å². The predicted octanol–water partition coefficient (Wildman–Crippen LogP) is 4.14. The standard InChI is InChI=1S/C15H17BrFN3/c1-10(2)15-18-13(16)8-14(19-15)20(3)9-11-5-4-6-12(17)7-11/h4-8,10H,9H2,1-3H3. The highest BCUT2D eigenvalue weighted by Crippen LogP contribution is 2.21. The van der Waals surface area contributed by atoms with Crippen LogP contribution in [0.3, 0.4) is 0 Å². The second-order valence-corrected chi connectivity index (χ2v) is 5.86. The third kappa shape index (κ3) is 3.76. The summed E-state index contributed by atoms with van der Waals surface area (Å²) in [6, 6.07) is 8.47. The Bertz CT molecular complexity index is 601. The maximum Gasteiger partial charge on any atom is 0.134 e. The monoisotopic (exact) mass is 337 g/mol. The lowest BCUT2D eigenvalue weighted by atomic mass is 10.2. The van der Waals surface area contributed by atoms with Gasteiger partial charge in [-0.25, -0.2) is 14.4 Å². The molecule has 1 heterocycles. The van der Waals surface area contributed by atoms with Gasteiger partial charge in [-0.05, 0) is 33.6 Å². The summed E-state index contributed by atoms with van der Waals surface area (Å²) in [7, 11) is 1.93. The van der Waals surface area contributed by atoms with Gasteiger partial charge >= 0.3 is 0 Å². The molecule has 0 aliphatic rings. The first-order valence-corrected chi connectivity index (χ1v) is 7.25. The second-order valence-electron chi connectivity index (χ2n) is 5.05. The molecule has 2 rings (SSSR count). The minimum atomic E-state index is -0.220. The van der Waals surface area contributed by atoms with Crippen molar-refractivity contribution in [1.82, 2.24) is 9.97 Å². The molecule has 0 spiro atoms. The number of benzene rings is 1. The van der Waals surface area contributed by atoms with Crippen molar-refractivity contribution in [3.8, 4) is 0 Å². The lowest BCUT2D eigenvalue weighted by Crippen LogP contribution is -2.19.